The average molecular weight is 464 g/mol. The summed E-state index contributed by atoms with van der Waals surface area (Å²) in [4.78, 5) is 40.6. The summed E-state index contributed by atoms with van der Waals surface area (Å²) in [5.41, 5.74) is 1.07. The average Bonchev–Trinajstić information content (AvgIpc) is 2.74. The minimum Gasteiger partial charge on any atom is -0.482 e. The number of anilines is 2. The number of carbonyl (C=O) groups excluding carboxylic acids is 3. The van der Waals surface area contributed by atoms with Crippen molar-refractivity contribution in [3.05, 3.63) is 52.5 Å². The Morgan fingerprint density at radius 1 is 1.19 bits per heavy atom. The molecule has 1 N–H and O–H groups in total. The lowest BCUT2D eigenvalue weighted by Gasteiger charge is -2.30. The molecule has 0 aliphatic carbocycles. The third-order valence-corrected chi connectivity index (χ3v) is 5.29. The van der Waals surface area contributed by atoms with Crippen LogP contribution in [0.5, 0.6) is 5.75 Å². The Kier molecular flexibility index (Phi) is 7.76. The summed E-state index contributed by atoms with van der Waals surface area (Å²) in [6, 6.07) is 12.0. The number of rotatable bonds is 8. The molecule has 0 saturated heterocycles. The molecule has 3 amide bonds. The van der Waals surface area contributed by atoms with Crippen molar-refractivity contribution in [3.8, 4) is 5.75 Å². The van der Waals surface area contributed by atoms with Crippen LogP contribution < -0.4 is 15.0 Å². The van der Waals surface area contributed by atoms with Gasteiger partial charge in [0.05, 0.1) is 22.9 Å². The molecule has 0 saturated carbocycles. The van der Waals surface area contributed by atoms with E-state index in [1.165, 1.54) is 11.0 Å². The third kappa shape index (κ3) is 5.89. The van der Waals surface area contributed by atoms with Crippen molar-refractivity contribution in [2.24, 2.45) is 0 Å². The van der Waals surface area contributed by atoms with Gasteiger partial charge < -0.3 is 19.9 Å². The predicted molar refractivity (Wildman–Crippen MR) is 121 cm³/mol. The molecule has 9 heteroatoms. The molecule has 0 radical (unpaired) electrons. The largest absolute Gasteiger partial charge is 0.482 e. The van der Waals surface area contributed by atoms with Gasteiger partial charge in [-0.25, -0.2) is 0 Å². The van der Waals surface area contributed by atoms with Crippen molar-refractivity contribution >= 4 is 52.3 Å². The smallest absolute Gasteiger partial charge is 0.265 e. The van der Waals surface area contributed by atoms with Crippen LogP contribution >= 0.6 is 23.2 Å². The van der Waals surface area contributed by atoms with Crippen LogP contribution in [0.15, 0.2) is 42.5 Å². The Bertz CT molecular complexity index is 983. The van der Waals surface area contributed by atoms with E-state index in [0.717, 1.165) is 0 Å². The van der Waals surface area contributed by atoms with Crippen LogP contribution in [0.4, 0.5) is 11.4 Å². The van der Waals surface area contributed by atoms with E-state index >= 15 is 0 Å². The second kappa shape index (κ2) is 10.5. The lowest BCUT2D eigenvalue weighted by molar-refractivity contribution is -0.134. The number of ether oxygens (including phenoxy) is 1. The number of para-hydroxylation sites is 2. The van der Waals surface area contributed by atoms with E-state index in [0.29, 0.717) is 40.1 Å². The summed E-state index contributed by atoms with van der Waals surface area (Å²) < 4.78 is 5.43. The van der Waals surface area contributed by atoms with Gasteiger partial charge in [0.15, 0.2) is 6.61 Å². The molecule has 7 nitrogen and oxygen atoms in total. The fourth-order valence-corrected chi connectivity index (χ4v) is 3.74. The van der Waals surface area contributed by atoms with Gasteiger partial charge in [-0.3, -0.25) is 14.4 Å². The minimum atomic E-state index is -0.362. The summed E-state index contributed by atoms with van der Waals surface area (Å²) in [7, 11) is 0. The molecule has 3 rings (SSSR count). The molecule has 1 aliphatic rings. The molecular formula is C22H23Cl2N3O4. The number of amides is 3. The van der Waals surface area contributed by atoms with Gasteiger partial charge in [0.2, 0.25) is 11.8 Å². The molecule has 0 atom stereocenters. The number of hydrogen-bond donors (Lipinski definition) is 1. The Labute approximate surface area is 190 Å². The first-order chi connectivity index (χ1) is 14.9. The first kappa shape index (κ1) is 22.9. The van der Waals surface area contributed by atoms with Crippen molar-refractivity contribution < 1.29 is 19.1 Å². The highest BCUT2D eigenvalue weighted by Gasteiger charge is 2.26. The zero-order valence-corrected chi connectivity index (χ0v) is 18.6. The first-order valence-corrected chi connectivity index (χ1v) is 10.7. The quantitative estimate of drug-likeness (QED) is 0.641. The number of hydrogen-bond acceptors (Lipinski definition) is 4. The van der Waals surface area contributed by atoms with Gasteiger partial charge in [-0.05, 0) is 36.8 Å². The maximum absolute atomic E-state index is 12.8. The van der Waals surface area contributed by atoms with E-state index in [9.17, 15) is 14.4 Å². The summed E-state index contributed by atoms with van der Waals surface area (Å²) in [5.74, 6) is -0.169. The highest BCUT2D eigenvalue weighted by molar-refractivity contribution is 6.36. The minimum absolute atomic E-state index is 0.0614. The molecule has 0 unspecified atom stereocenters. The fourth-order valence-electron chi connectivity index (χ4n) is 3.28. The van der Waals surface area contributed by atoms with Crippen molar-refractivity contribution in [2.75, 3.05) is 36.5 Å². The maximum atomic E-state index is 12.8. The lowest BCUT2D eigenvalue weighted by Crippen LogP contribution is -2.43. The van der Waals surface area contributed by atoms with E-state index in [4.69, 9.17) is 27.9 Å². The Morgan fingerprint density at radius 3 is 2.71 bits per heavy atom. The number of benzene rings is 2. The SMILES string of the molecule is CCCN(CC(=O)Nc1ccc(Cl)cc1Cl)C(=O)CCN1C(=O)COc2ccccc21. The van der Waals surface area contributed by atoms with Gasteiger partial charge in [-0.15, -0.1) is 0 Å². The van der Waals surface area contributed by atoms with Crippen LogP contribution in [0.3, 0.4) is 0 Å². The molecule has 31 heavy (non-hydrogen) atoms. The van der Waals surface area contributed by atoms with Crippen molar-refractivity contribution in [1.29, 1.82) is 0 Å². The zero-order valence-electron chi connectivity index (χ0n) is 17.1. The molecule has 2 aromatic carbocycles. The zero-order chi connectivity index (χ0) is 22.4. The molecule has 0 fully saturated rings. The Balaban J connectivity index is 1.61. The molecular weight excluding hydrogens is 441 g/mol. The van der Waals surface area contributed by atoms with Gasteiger partial charge in [0, 0.05) is 24.5 Å². The van der Waals surface area contributed by atoms with Crippen LogP contribution in [0.2, 0.25) is 10.0 Å². The van der Waals surface area contributed by atoms with E-state index in [1.54, 1.807) is 29.2 Å². The van der Waals surface area contributed by atoms with Crippen molar-refractivity contribution in [1.82, 2.24) is 4.90 Å². The molecule has 0 spiro atoms. The highest BCUT2D eigenvalue weighted by atomic mass is 35.5. The number of halogens is 2. The number of carbonyl (C=O) groups is 3. The maximum Gasteiger partial charge on any atom is 0.265 e. The van der Waals surface area contributed by atoms with Gasteiger partial charge in [-0.2, -0.15) is 0 Å². The van der Waals surface area contributed by atoms with Gasteiger partial charge in [0.25, 0.3) is 5.91 Å². The standard InChI is InChI=1S/C22H23Cl2N3O4/c1-2-10-26(13-20(28)25-17-8-7-15(23)12-16(17)24)21(29)9-11-27-18-5-3-4-6-19(18)31-14-22(27)30/h3-8,12H,2,9-11,13-14H2,1H3,(H,25,28). The lowest BCUT2D eigenvalue weighted by atomic mass is 10.2. The van der Waals surface area contributed by atoms with E-state index in [1.807, 2.05) is 19.1 Å². The van der Waals surface area contributed by atoms with Crippen LogP contribution in [-0.4, -0.2) is 48.9 Å². The molecule has 2 aromatic rings. The second-order valence-electron chi connectivity index (χ2n) is 7.04. The molecule has 164 valence electrons. The van der Waals surface area contributed by atoms with Crippen LogP contribution in [-0.2, 0) is 14.4 Å². The van der Waals surface area contributed by atoms with Gasteiger partial charge in [-0.1, -0.05) is 42.3 Å². The van der Waals surface area contributed by atoms with Gasteiger partial charge in [0.1, 0.15) is 5.75 Å². The van der Waals surface area contributed by atoms with Crippen LogP contribution in [0.1, 0.15) is 19.8 Å². The Hall–Kier alpha value is -2.77. The van der Waals surface area contributed by atoms with Crippen LogP contribution in [0, 0.1) is 0 Å². The predicted octanol–water partition coefficient (Wildman–Crippen LogP) is 3.99. The second-order valence-corrected chi connectivity index (χ2v) is 7.88. The molecule has 0 bridgehead atoms. The fraction of sp³-hybridized carbons (Fsp3) is 0.318. The third-order valence-electron chi connectivity index (χ3n) is 4.74. The van der Waals surface area contributed by atoms with E-state index in [2.05, 4.69) is 5.32 Å². The van der Waals surface area contributed by atoms with Crippen molar-refractivity contribution in [2.45, 2.75) is 19.8 Å². The summed E-state index contributed by atoms with van der Waals surface area (Å²) in [6.45, 7) is 2.39. The van der Waals surface area contributed by atoms with E-state index in [-0.39, 0.29) is 43.8 Å². The van der Waals surface area contributed by atoms with Crippen LogP contribution in [0.25, 0.3) is 0 Å². The summed E-state index contributed by atoms with van der Waals surface area (Å²) >= 11 is 12.0. The number of fused-ring (bicyclic) bond motifs is 1. The monoisotopic (exact) mass is 463 g/mol. The van der Waals surface area contributed by atoms with E-state index < -0.39 is 0 Å². The van der Waals surface area contributed by atoms with Gasteiger partial charge >= 0.3 is 0 Å². The molecule has 1 heterocycles. The number of nitrogens with one attached hydrogen (secondary N) is 1. The summed E-state index contributed by atoms with van der Waals surface area (Å²) in [5, 5.41) is 3.48. The first-order valence-electron chi connectivity index (χ1n) is 9.94. The highest BCUT2D eigenvalue weighted by Crippen LogP contribution is 2.31. The molecule has 0 aromatic heterocycles. The van der Waals surface area contributed by atoms with Crippen molar-refractivity contribution in [3.63, 3.8) is 0 Å². The number of nitrogens with zero attached hydrogens (tertiary/aromatic N) is 2. The molecule has 1 aliphatic heterocycles. The normalized spacial score (nSPS) is 12.7. The topological polar surface area (TPSA) is 79.0 Å². The Morgan fingerprint density at radius 2 is 1.97 bits per heavy atom. The summed E-state index contributed by atoms with van der Waals surface area (Å²) in [6.07, 6.45) is 0.787.